The van der Waals surface area contributed by atoms with Crippen molar-refractivity contribution >= 4 is 27.5 Å². The van der Waals surface area contributed by atoms with Gasteiger partial charge in [0, 0.05) is 22.9 Å². The predicted octanol–water partition coefficient (Wildman–Crippen LogP) is 2.04. The fraction of sp³-hybridized carbons (Fsp3) is 0.467. The summed E-state index contributed by atoms with van der Waals surface area (Å²) in [6.07, 6.45) is 7.49. The van der Waals surface area contributed by atoms with Gasteiger partial charge in [-0.15, -0.1) is 18.2 Å². The molecule has 4 nitrogen and oxygen atoms in total. The third-order valence-electron chi connectivity index (χ3n) is 3.29. The molecule has 2 rings (SSSR count). The average molecular weight is 324 g/mol. The first-order chi connectivity index (χ1) is 10.0. The lowest BCUT2D eigenvalue weighted by Crippen LogP contribution is -2.35. The van der Waals surface area contributed by atoms with E-state index < -0.39 is 10.0 Å². The summed E-state index contributed by atoms with van der Waals surface area (Å²) >= 11 is 1.49. The molecule has 0 heterocycles. The smallest absolute Gasteiger partial charge is 0.215 e. The predicted molar refractivity (Wildman–Crippen MR) is 88.5 cm³/mol. The van der Waals surface area contributed by atoms with Crippen LogP contribution < -0.4 is 5.73 Å². The maximum Gasteiger partial charge on any atom is 0.215 e. The first kappa shape index (κ1) is 16.2. The number of hydrogen-bond acceptors (Lipinski definition) is 4. The summed E-state index contributed by atoms with van der Waals surface area (Å²) in [4.78, 5) is 0.982. The highest BCUT2D eigenvalue weighted by atomic mass is 32.2. The van der Waals surface area contributed by atoms with E-state index in [0.29, 0.717) is 23.9 Å². The van der Waals surface area contributed by atoms with E-state index in [1.54, 1.807) is 0 Å². The Morgan fingerprint density at radius 1 is 1.43 bits per heavy atom. The first-order valence-corrected chi connectivity index (χ1v) is 9.50. The van der Waals surface area contributed by atoms with Gasteiger partial charge in [-0.05, 0) is 37.0 Å². The molecule has 0 saturated heterocycles. The normalized spacial score (nSPS) is 15.0. The highest BCUT2D eigenvalue weighted by Gasteiger charge is 2.29. The quantitative estimate of drug-likeness (QED) is 0.451. The molecule has 2 N–H and O–H groups in total. The van der Waals surface area contributed by atoms with E-state index in [9.17, 15) is 8.42 Å². The SMILES string of the molecule is C#CCN(CC1CC1)S(=O)(=O)CCSc1cccc(N)c1. The highest BCUT2D eigenvalue weighted by Crippen LogP contribution is 2.30. The summed E-state index contributed by atoms with van der Waals surface area (Å²) in [5.74, 6) is 3.54. The lowest BCUT2D eigenvalue weighted by atomic mass is 10.3. The zero-order valence-electron chi connectivity index (χ0n) is 11.9. The largest absolute Gasteiger partial charge is 0.399 e. The third-order valence-corrected chi connectivity index (χ3v) is 6.33. The molecular formula is C15H20N2O2S2. The summed E-state index contributed by atoms with van der Waals surface area (Å²) in [5.41, 5.74) is 6.39. The van der Waals surface area contributed by atoms with Gasteiger partial charge in [-0.3, -0.25) is 0 Å². The lowest BCUT2D eigenvalue weighted by Gasteiger charge is -2.19. The van der Waals surface area contributed by atoms with Gasteiger partial charge in [0.2, 0.25) is 10.0 Å². The fourth-order valence-electron chi connectivity index (χ4n) is 1.96. The number of anilines is 1. The number of nitrogens with two attached hydrogens (primary N) is 1. The van der Waals surface area contributed by atoms with E-state index in [1.165, 1.54) is 16.1 Å². The summed E-state index contributed by atoms with van der Waals surface area (Å²) in [7, 11) is -3.28. The third kappa shape index (κ3) is 5.27. The molecule has 0 spiro atoms. The van der Waals surface area contributed by atoms with E-state index in [-0.39, 0.29) is 12.3 Å². The van der Waals surface area contributed by atoms with Gasteiger partial charge in [0.05, 0.1) is 12.3 Å². The van der Waals surface area contributed by atoms with Crippen LogP contribution in [0.3, 0.4) is 0 Å². The van der Waals surface area contributed by atoms with Crippen LogP contribution in [0.2, 0.25) is 0 Å². The minimum atomic E-state index is -3.28. The average Bonchev–Trinajstić information content (AvgIpc) is 3.22. The van der Waals surface area contributed by atoms with Crippen LogP contribution in [-0.2, 0) is 10.0 Å². The van der Waals surface area contributed by atoms with Gasteiger partial charge in [-0.25, -0.2) is 8.42 Å². The first-order valence-electron chi connectivity index (χ1n) is 6.91. The van der Waals surface area contributed by atoms with Crippen molar-refractivity contribution in [2.24, 2.45) is 5.92 Å². The van der Waals surface area contributed by atoms with Crippen molar-refractivity contribution in [3.63, 3.8) is 0 Å². The Morgan fingerprint density at radius 2 is 2.19 bits per heavy atom. The second-order valence-electron chi connectivity index (χ2n) is 5.18. The monoisotopic (exact) mass is 324 g/mol. The number of hydrogen-bond donors (Lipinski definition) is 1. The molecule has 1 fully saturated rings. The highest BCUT2D eigenvalue weighted by molar-refractivity contribution is 8.00. The molecule has 0 aromatic heterocycles. The number of thioether (sulfide) groups is 1. The molecule has 1 aliphatic carbocycles. The maximum absolute atomic E-state index is 12.3. The minimum Gasteiger partial charge on any atom is -0.399 e. The van der Waals surface area contributed by atoms with E-state index in [1.807, 2.05) is 24.3 Å². The van der Waals surface area contributed by atoms with Crippen LogP contribution in [0.1, 0.15) is 12.8 Å². The van der Waals surface area contributed by atoms with Crippen LogP contribution in [0.15, 0.2) is 29.2 Å². The Hall–Kier alpha value is -1.16. The number of terminal acetylenes is 1. The number of nitrogen functional groups attached to an aromatic ring is 1. The second kappa shape index (κ2) is 7.21. The number of benzene rings is 1. The van der Waals surface area contributed by atoms with Gasteiger partial charge in [-0.2, -0.15) is 4.31 Å². The topological polar surface area (TPSA) is 63.4 Å². The second-order valence-corrected chi connectivity index (χ2v) is 8.43. The zero-order chi connectivity index (χ0) is 15.3. The molecule has 1 aromatic carbocycles. The van der Waals surface area contributed by atoms with Crippen LogP contribution in [0, 0.1) is 18.3 Å². The molecule has 1 aliphatic rings. The number of rotatable bonds is 8. The lowest BCUT2D eigenvalue weighted by molar-refractivity contribution is 0.431. The van der Waals surface area contributed by atoms with Gasteiger partial charge in [0.25, 0.3) is 0 Å². The Kier molecular flexibility index (Phi) is 5.57. The van der Waals surface area contributed by atoms with Gasteiger partial charge in [0.1, 0.15) is 0 Å². The van der Waals surface area contributed by atoms with Gasteiger partial charge in [-0.1, -0.05) is 12.0 Å². The van der Waals surface area contributed by atoms with Crippen LogP contribution in [-0.4, -0.2) is 37.3 Å². The van der Waals surface area contributed by atoms with Crippen molar-refractivity contribution in [1.29, 1.82) is 0 Å². The molecule has 0 bridgehead atoms. The van der Waals surface area contributed by atoms with Gasteiger partial charge in [0.15, 0.2) is 0 Å². The van der Waals surface area contributed by atoms with E-state index in [2.05, 4.69) is 5.92 Å². The van der Waals surface area contributed by atoms with E-state index >= 15 is 0 Å². The Bertz CT molecular complexity index is 619. The molecule has 21 heavy (non-hydrogen) atoms. The molecular weight excluding hydrogens is 304 g/mol. The standard InChI is InChI=1S/C15H20N2O2S2/c1-2-8-17(12-13-6-7-13)21(18,19)10-9-20-15-5-3-4-14(16)11-15/h1,3-5,11,13H,6-10,12,16H2. The Morgan fingerprint density at radius 3 is 2.81 bits per heavy atom. The molecule has 0 amide bonds. The summed E-state index contributed by atoms with van der Waals surface area (Å²) in [6, 6.07) is 7.45. The van der Waals surface area contributed by atoms with E-state index in [0.717, 1.165) is 17.7 Å². The molecule has 0 atom stereocenters. The van der Waals surface area contributed by atoms with Crippen molar-refractivity contribution < 1.29 is 8.42 Å². The number of sulfonamides is 1. The van der Waals surface area contributed by atoms with Crippen LogP contribution in [0.5, 0.6) is 0 Å². The molecule has 0 unspecified atom stereocenters. The van der Waals surface area contributed by atoms with Gasteiger partial charge >= 0.3 is 0 Å². The number of nitrogens with zero attached hydrogens (tertiary/aromatic N) is 1. The Balaban J connectivity index is 1.88. The molecule has 1 saturated carbocycles. The van der Waals surface area contributed by atoms with Crippen LogP contribution in [0.25, 0.3) is 0 Å². The summed E-state index contributed by atoms with van der Waals surface area (Å²) in [6.45, 7) is 0.733. The minimum absolute atomic E-state index is 0.0981. The van der Waals surface area contributed by atoms with Crippen molar-refractivity contribution in [2.75, 3.05) is 30.3 Å². The molecule has 1 aromatic rings. The molecule has 114 valence electrons. The van der Waals surface area contributed by atoms with Crippen molar-refractivity contribution in [3.05, 3.63) is 24.3 Å². The summed E-state index contributed by atoms with van der Waals surface area (Å²) < 4.78 is 26.1. The van der Waals surface area contributed by atoms with Crippen molar-refractivity contribution in [2.45, 2.75) is 17.7 Å². The van der Waals surface area contributed by atoms with Crippen LogP contribution in [0.4, 0.5) is 5.69 Å². The van der Waals surface area contributed by atoms with Crippen molar-refractivity contribution in [1.82, 2.24) is 4.31 Å². The zero-order valence-corrected chi connectivity index (χ0v) is 13.5. The maximum atomic E-state index is 12.3. The van der Waals surface area contributed by atoms with Crippen LogP contribution >= 0.6 is 11.8 Å². The molecule has 0 aliphatic heterocycles. The van der Waals surface area contributed by atoms with E-state index in [4.69, 9.17) is 12.2 Å². The fourth-order valence-corrected chi connectivity index (χ4v) is 4.74. The summed E-state index contributed by atoms with van der Waals surface area (Å²) in [5, 5.41) is 0. The molecule has 0 radical (unpaired) electrons. The van der Waals surface area contributed by atoms with Crippen molar-refractivity contribution in [3.8, 4) is 12.3 Å². The molecule has 6 heteroatoms. The Labute approximate surface area is 131 Å². The van der Waals surface area contributed by atoms with Gasteiger partial charge < -0.3 is 5.73 Å².